The summed E-state index contributed by atoms with van der Waals surface area (Å²) in [5, 5.41) is 3.25. The molecule has 1 heterocycles. The molecule has 2 saturated carbocycles. The molecule has 3 aliphatic rings. The molecule has 1 saturated heterocycles. The standard InChI is InChI=1S/C19H33N3O2/c20-13-15-5-4-8-17(15)19(24)22-11-9-14(10-12-22)18(23)21-16-6-2-1-3-7-16/h14-17H,1-13,20H2,(H,21,23)/t15-,17-/m1/s1. The van der Waals surface area contributed by atoms with E-state index in [-0.39, 0.29) is 23.7 Å². The Morgan fingerprint density at radius 3 is 2.29 bits per heavy atom. The van der Waals surface area contributed by atoms with Gasteiger partial charge in [-0.1, -0.05) is 25.7 Å². The van der Waals surface area contributed by atoms with Gasteiger partial charge in [0.25, 0.3) is 0 Å². The van der Waals surface area contributed by atoms with Gasteiger partial charge in [-0.3, -0.25) is 9.59 Å². The summed E-state index contributed by atoms with van der Waals surface area (Å²) in [4.78, 5) is 27.2. The molecule has 0 aromatic carbocycles. The van der Waals surface area contributed by atoms with Gasteiger partial charge in [-0.15, -0.1) is 0 Å². The van der Waals surface area contributed by atoms with E-state index in [0.29, 0.717) is 18.5 Å². The van der Waals surface area contributed by atoms with Crippen LogP contribution in [0.2, 0.25) is 0 Å². The van der Waals surface area contributed by atoms with Crippen LogP contribution in [0, 0.1) is 17.8 Å². The average Bonchev–Trinajstić information content (AvgIpc) is 3.11. The fraction of sp³-hybridized carbons (Fsp3) is 0.895. The lowest BCUT2D eigenvalue weighted by atomic mass is 9.90. The van der Waals surface area contributed by atoms with Crippen LogP contribution in [-0.4, -0.2) is 42.4 Å². The number of rotatable bonds is 4. The SMILES string of the molecule is NC[C@H]1CCC[C@H]1C(=O)N1CCC(C(=O)NC2CCCCC2)CC1. The highest BCUT2D eigenvalue weighted by atomic mass is 16.2. The Morgan fingerprint density at radius 2 is 1.62 bits per heavy atom. The summed E-state index contributed by atoms with van der Waals surface area (Å²) < 4.78 is 0. The minimum atomic E-state index is 0.0878. The van der Waals surface area contributed by atoms with Gasteiger partial charge in [-0.05, 0) is 51.0 Å². The van der Waals surface area contributed by atoms with Crippen molar-refractivity contribution in [2.75, 3.05) is 19.6 Å². The van der Waals surface area contributed by atoms with E-state index in [2.05, 4.69) is 5.32 Å². The number of piperidine rings is 1. The molecule has 0 unspecified atom stereocenters. The number of carbonyl (C=O) groups excluding carboxylic acids is 2. The Morgan fingerprint density at radius 1 is 0.917 bits per heavy atom. The summed E-state index contributed by atoms with van der Waals surface area (Å²) in [6.07, 6.45) is 10.9. The van der Waals surface area contributed by atoms with Crippen molar-refractivity contribution >= 4 is 11.8 Å². The molecular formula is C19H33N3O2. The van der Waals surface area contributed by atoms with E-state index in [0.717, 1.165) is 58.0 Å². The maximum absolute atomic E-state index is 12.7. The second-order valence-corrected chi connectivity index (χ2v) is 7.98. The van der Waals surface area contributed by atoms with Crippen LogP contribution in [0.15, 0.2) is 0 Å². The predicted molar refractivity (Wildman–Crippen MR) is 94.2 cm³/mol. The summed E-state index contributed by atoms with van der Waals surface area (Å²) in [5.74, 6) is 1.08. The van der Waals surface area contributed by atoms with Crippen molar-refractivity contribution in [3.8, 4) is 0 Å². The molecule has 5 heteroatoms. The first kappa shape index (κ1) is 17.7. The predicted octanol–water partition coefficient (Wildman–Crippen LogP) is 2.05. The summed E-state index contributed by atoms with van der Waals surface area (Å²) in [6, 6.07) is 0.384. The van der Waals surface area contributed by atoms with Crippen LogP contribution in [0.4, 0.5) is 0 Å². The van der Waals surface area contributed by atoms with Crippen LogP contribution in [0.25, 0.3) is 0 Å². The van der Waals surface area contributed by atoms with Crippen LogP contribution in [0.1, 0.15) is 64.2 Å². The van der Waals surface area contributed by atoms with Crippen LogP contribution >= 0.6 is 0 Å². The van der Waals surface area contributed by atoms with Crippen molar-refractivity contribution in [3.63, 3.8) is 0 Å². The van der Waals surface area contributed by atoms with E-state index in [1.807, 2.05) is 4.90 Å². The van der Waals surface area contributed by atoms with Gasteiger partial charge in [0.05, 0.1) is 0 Å². The highest BCUT2D eigenvalue weighted by molar-refractivity contribution is 5.81. The third-order valence-electron chi connectivity index (χ3n) is 6.41. The fourth-order valence-electron chi connectivity index (χ4n) is 4.81. The number of hydrogen-bond acceptors (Lipinski definition) is 3. The first-order chi connectivity index (χ1) is 11.7. The quantitative estimate of drug-likeness (QED) is 0.825. The molecule has 2 amide bonds. The molecule has 24 heavy (non-hydrogen) atoms. The Bertz CT molecular complexity index is 440. The number of nitrogens with zero attached hydrogens (tertiary/aromatic N) is 1. The van der Waals surface area contributed by atoms with E-state index < -0.39 is 0 Å². The first-order valence-corrected chi connectivity index (χ1v) is 9.98. The fourth-order valence-corrected chi connectivity index (χ4v) is 4.81. The van der Waals surface area contributed by atoms with Crippen LogP contribution in [0.5, 0.6) is 0 Å². The van der Waals surface area contributed by atoms with Crippen LogP contribution < -0.4 is 11.1 Å². The normalized spacial score (nSPS) is 29.6. The lowest BCUT2D eigenvalue weighted by molar-refractivity contribution is -0.140. The number of nitrogens with two attached hydrogens (primary N) is 1. The molecule has 3 rings (SSSR count). The Kier molecular flexibility index (Phi) is 6.14. The monoisotopic (exact) mass is 335 g/mol. The molecule has 136 valence electrons. The van der Waals surface area contributed by atoms with Gasteiger partial charge in [0.1, 0.15) is 0 Å². The molecule has 1 aliphatic heterocycles. The van der Waals surface area contributed by atoms with Crippen molar-refractivity contribution in [2.24, 2.45) is 23.5 Å². The molecule has 0 aromatic heterocycles. The third kappa shape index (κ3) is 4.11. The van der Waals surface area contributed by atoms with Gasteiger partial charge in [-0.25, -0.2) is 0 Å². The zero-order valence-corrected chi connectivity index (χ0v) is 14.8. The zero-order chi connectivity index (χ0) is 16.9. The van der Waals surface area contributed by atoms with Crippen molar-refractivity contribution in [1.29, 1.82) is 0 Å². The van der Waals surface area contributed by atoms with E-state index >= 15 is 0 Å². The van der Waals surface area contributed by atoms with E-state index in [9.17, 15) is 9.59 Å². The lowest BCUT2D eigenvalue weighted by Gasteiger charge is -2.35. The lowest BCUT2D eigenvalue weighted by Crippen LogP contribution is -2.47. The van der Waals surface area contributed by atoms with Gasteiger partial charge < -0.3 is 16.0 Å². The molecular weight excluding hydrogens is 302 g/mol. The van der Waals surface area contributed by atoms with Gasteiger partial charge in [0.15, 0.2) is 0 Å². The van der Waals surface area contributed by atoms with Crippen molar-refractivity contribution in [2.45, 2.75) is 70.3 Å². The van der Waals surface area contributed by atoms with E-state index in [1.165, 1.54) is 19.3 Å². The summed E-state index contributed by atoms with van der Waals surface area (Å²) in [6.45, 7) is 2.08. The number of nitrogens with one attached hydrogen (secondary N) is 1. The van der Waals surface area contributed by atoms with Crippen molar-refractivity contribution in [1.82, 2.24) is 10.2 Å². The number of likely N-dealkylation sites (tertiary alicyclic amines) is 1. The molecule has 5 nitrogen and oxygen atoms in total. The summed E-state index contributed by atoms with van der Waals surface area (Å²) in [7, 11) is 0. The molecule has 0 radical (unpaired) electrons. The second kappa shape index (κ2) is 8.32. The number of amides is 2. The van der Waals surface area contributed by atoms with Gasteiger partial charge >= 0.3 is 0 Å². The maximum atomic E-state index is 12.7. The Labute approximate surface area is 145 Å². The summed E-state index contributed by atoms with van der Waals surface area (Å²) >= 11 is 0. The molecule has 3 N–H and O–H groups in total. The molecule has 2 aliphatic carbocycles. The first-order valence-electron chi connectivity index (χ1n) is 9.98. The molecule has 0 bridgehead atoms. The van der Waals surface area contributed by atoms with Crippen molar-refractivity contribution in [3.05, 3.63) is 0 Å². The maximum Gasteiger partial charge on any atom is 0.226 e. The van der Waals surface area contributed by atoms with E-state index in [1.54, 1.807) is 0 Å². The van der Waals surface area contributed by atoms with Gasteiger partial charge in [0, 0.05) is 31.0 Å². The third-order valence-corrected chi connectivity index (χ3v) is 6.41. The van der Waals surface area contributed by atoms with Gasteiger partial charge in [-0.2, -0.15) is 0 Å². The second-order valence-electron chi connectivity index (χ2n) is 7.98. The van der Waals surface area contributed by atoms with Gasteiger partial charge in [0.2, 0.25) is 11.8 Å². The Hall–Kier alpha value is -1.10. The van der Waals surface area contributed by atoms with Crippen LogP contribution in [0.3, 0.4) is 0 Å². The minimum Gasteiger partial charge on any atom is -0.353 e. The minimum absolute atomic E-state index is 0.0878. The molecule has 0 aromatic rings. The Balaban J connectivity index is 1.45. The molecule has 0 spiro atoms. The van der Waals surface area contributed by atoms with Crippen molar-refractivity contribution < 1.29 is 9.59 Å². The van der Waals surface area contributed by atoms with E-state index in [4.69, 9.17) is 5.73 Å². The number of carbonyl (C=O) groups is 2. The number of hydrogen-bond donors (Lipinski definition) is 2. The van der Waals surface area contributed by atoms with Crippen LogP contribution in [-0.2, 0) is 9.59 Å². The molecule has 2 atom stereocenters. The largest absolute Gasteiger partial charge is 0.353 e. The average molecular weight is 335 g/mol. The summed E-state index contributed by atoms with van der Waals surface area (Å²) in [5.41, 5.74) is 5.82. The zero-order valence-electron chi connectivity index (χ0n) is 14.8. The smallest absolute Gasteiger partial charge is 0.226 e. The highest BCUT2D eigenvalue weighted by Crippen LogP contribution is 2.33. The topological polar surface area (TPSA) is 75.4 Å². The highest BCUT2D eigenvalue weighted by Gasteiger charge is 2.36. The molecule has 3 fully saturated rings.